The van der Waals surface area contributed by atoms with Crippen LogP contribution in [0, 0.1) is 41.7 Å². The number of nitrogens with one attached hydrogen (secondary N) is 2. The van der Waals surface area contributed by atoms with E-state index in [4.69, 9.17) is 0 Å². The number of hydrogen-bond donors (Lipinski definition) is 2. The number of nitro groups is 1. The Balaban J connectivity index is 1.47. The number of rotatable bonds is 5. The highest BCUT2D eigenvalue weighted by Crippen LogP contribution is 2.57. The average molecular weight is 401 g/mol. The second-order valence-electron chi connectivity index (χ2n) is 8.79. The van der Waals surface area contributed by atoms with Crippen LogP contribution in [0.25, 0.3) is 0 Å². The summed E-state index contributed by atoms with van der Waals surface area (Å²) in [5.74, 6) is 2.77. The second kappa shape index (κ2) is 6.37. The van der Waals surface area contributed by atoms with Crippen LogP contribution in [0.2, 0.25) is 0 Å². The smallest absolute Gasteiger partial charge is 0.353 e. The summed E-state index contributed by atoms with van der Waals surface area (Å²) in [6, 6.07) is 0. The first-order chi connectivity index (χ1) is 13.4. The lowest BCUT2D eigenvalue weighted by atomic mass is 9.53. The van der Waals surface area contributed by atoms with Gasteiger partial charge in [-0.2, -0.15) is 0 Å². The van der Waals surface area contributed by atoms with Gasteiger partial charge in [0.25, 0.3) is 0 Å². The van der Waals surface area contributed by atoms with Crippen molar-refractivity contribution in [3.8, 4) is 0 Å². The fraction of sp³-hybridized carbons (Fsp3) is 0.632. The number of aromatic nitrogens is 3. The van der Waals surface area contributed by atoms with E-state index in [0.717, 1.165) is 47.6 Å². The first-order valence-electron chi connectivity index (χ1n) is 9.89. The molecule has 6 rings (SSSR count). The van der Waals surface area contributed by atoms with Gasteiger partial charge in [0.2, 0.25) is 11.6 Å². The largest absolute Gasteiger partial charge is 0.359 e. The highest BCUT2D eigenvalue weighted by atomic mass is 32.1. The van der Waals surface area contributed by atoms with Crippen molar-refractivity contribution in [2.75, 3.05) is 10.6 Å². The number of thiazole rings is 1. The summed E-state index contributed by atoms with van der Waals surface area (Å²) in [4.78, 5) is 25.5. The zero-order valence-electron chi connectivity index (χ0n) is 16.1. The minimum absolute atomic E-state index is 0.0561. The molecule has 4 aliphatic carbocycles. The third kappa shape index (κ3) is 3.01. The van der Waals surface area contributed by atoms with Crippen molar-refractivity contribution in [1.29, 1.82) is 0 Å². The molecule has 0 unspecified atom stereocenters. The van der Waals surface area contributed by atoms with Gasteiger partial charge in [0.05, 0.1) is 10.6 Å². The van der Waals surface area contributed by atoms with Crippen LogP contribution in [-0.4, -0.2) is 25.4 Å². The van der Waals surface area contributed by atoms with Crippen molar-refractivity contribution < 1.29 is 4.92 Å². The molecular formula is C19H24N6O2S. The fourth-order valence-electron chi connectivity index (χ4n) is 5.88. The van der Waals surface area contributed by atoms with Gasteiger partial charge >= 0.3 is 5.69 Å². The summed E-state index contributed by atoms with van der Waals surface area (Å²) < 4.78 is 0. The van der Waals surface area contributed by atoms with Crippen molar-refractivity contribution in [3.05, 3.63) is 27.0 Å². The van der Waals surface area contributed by atoms with Crippen molar-refractivity contribution in [2.45, 2.75) is 57.9 Å². The Morgan fingerprint density at radius 2 is 1.71 bits per heavy atom. The van der Waals surface area contributed by atoms with Crippen LogP contribution in [0.3, 0.4) is 0 Å². The number of hydrogen-bond acceptors (Lipinski definition) is 8. The average Bonchev–Trinajstić information content (AvgIpc) is 2.90. The van der Waals surface area contributed by atoms with E-state index < -0.39 is 4.92 Å². The Morgan fingerprint density at radius 1 is 1.11 bits per heavy atom. The van der Waals surface area contributed by atoms with Gasteiger partial charge in [-0.1, -0.05) is 0 Å². The van der Waals surface area contributed by atoms with Gasteiger partial charge in [0.1, 0.15) is 6.33 Å². The molecule has 4 saturated carbocycles. The molecule has 0 aromatic carbocycles. The molecule has 0 saturated heterocycles. The van der Waals surface area contributed by atoms with Crippen molar-refractivity contribution in [3.63, 3.8) is 0 Å². The van der Waals surface area contributed by atoms with E-state index in [1.54, 1.807) is 0 Å². The quantitative estimate of drug-likeness (QED) is 0.559. The van der Waals surface area contributed by atoms with Gasteiger partial charge in [-0.05, 0) is 70.1 Å². The molecule has 2 aromatic rings. The first-order valence-corrected chi connectivity index (χ1v) is 10.7. The summed E-state index contributed by atoms with van der Waals surface area (Å²) in [7, 11) is 0. The molecule has 8 nitrogen and oxygen atoms in total. The summed E-state index contributed by atoms with van der Waals surface area (Å²) in [5.41, 5.74) is 0.763. The maximum Gasteiger partial charge on any atom is 0.353 e. The van der Waals surface area contributed by atoms with Gasteiger partial charge < -0.3 is 10.6 Å². The molecular weight excluding hydrogens is 376 g/mol. The Bertz CT molecular complexity index is 888. The molecule has 4 aliphatic rings. The number of anilines is 3. The first kappa shape index (κ1) is 17.8. The highest BCUT2D eigenvalue weighted by Gasteiger charge is 2.51. The molecule has 148 valence electrons. The van der Waals surface area contributed by atoms with Crippen LogP contribution in [0.5, 0.6) is 0 Å². The topological polar surface area (TPSA) is 106 Å². The summed E-state index contributed by atoms with van der Waals surface area (Å²) in [6.07, 6.45) is 8.63. The molecule has 0 spiro atoms. The zero-order valence-corrected chi connectivity index (χ0v) is 16.9. The molecule has 0 aliphatic heterocycles. The van der Waals surface area contributed by atoms with Crippen molar-refractivity contribution >= 4 is 33.8 Å². The Hall–Kier alpha value is -2.29. The maximum absolute atomic E-state index is 11.9. The van der Waals surface area contributed by atoms with Crippen molar-refractivity contribution in [2.24, 2.45) is 17.8 Å². The van der Waals surface area contributed by atoms with E-state index in [2.05, 4.69) is 25.6 Å². The normalized spacial score (nSPS) is 30.4. The van der Waals surface area contributed by atoms with Gasteiger partial charge in [0, 0.05) is 10.4 Å². The maximum atomic E-state index is 11.9. The van der Waals surface area contributed by atoms with E-state index in [1.807, 2.05) is 13.8 Å². The molecule has 4 fully saturated rings. The molecule has 2 aromatic heterocycles. The molecule has 0 amide bonds. The second-order valence-corrected chi connectivity index (χ2v) is 9.99. The third-order valence-corrected chi connectivity index (χ3v) is 7.67. The summed E-state index contributed by atoms with van der Waals surface area (Å²) in [6.45, 7) is 3.90. The molecule has 2 heterocycles. The molecule has 28 heavy (non-hydrogen) atoms. The molecule has 9 heteroatoms. The summed E-state index contributed by atoms with van der Waals surface area (Å²) >= 11 is 1.46. The predicted octanol–water partition coefficient (Wildman–Crippen LogP) is 4.58. The van der Waals surface area contributed by atoms with Gasteiger partial charge in [-0.3, -0.25) is 10.1 Å². The summed E-state index contributed by atoms with van der Waals surface area (Å²) in [5, 5.41) is 19.1. The van der Waals surface area contributed by atoms with E-state index >= 15 is 0 Å². The monoisotopic (exact) mass is 400 g/mol. The van der Waals surface area contributed by atoms with Crippen LogP contribution < -0.4 is 10.6 Å². The fourth-order valence-corrected chi connectivity index (χ4v) is 6.69. The highest BCUT2D eigenvalue weighted by molar-refractivity contribution is 7.15. The molecule has 4 bridgehead atoms. The van der Waals surface area contributed by atoms with E-state index in [9.17, 15) is 10.1 Å². The standard InChI is InChI=1S/C19H24N6O2S/c1-10-11(2)28-18(22-10)23-16-15(25(26)27)17(21-9-20-16)24-19-6-12-3-13(7-19)5-14(4-12)8-19/h9,12-14H,3-8H2,1-2H3,(H2,20,21,22,23,24). The minimum atomic E-state index is -0.390. The lowest BCUT2D eigenvalue weighted by Gasteiger charge is -2.57. The Labute approximate surface area is 167 Å². The minimum Gasteiger partial charge on any atom is -0.359 e. The van der Waals surface area contributed by atoms with Crippen LogP contribution in [-0.2, 0) is 0 Å². The molecule has 0 radical (unpaired) electrons. The Morgan fingerprint density at radius 3 is 2.25 bits per heavy atom. The number of nitrogens with zero attached hydrogens (tertiary/aromatic N) is 4. The van der Waals surface area contributed by atoms with E-state index in [-0.39, 0.29) is 17.0 Å². The van der Waals surface area contributed by atoms with Crippen molar-refractivity contribution in [1.82, 2.24) is 15.0 Å². The van der Waals surface area contributed by atoms with Crippen LogP contribution in [0.1, 0.15) is 49.1 Å². The van der Waals surface area contributed by atoms with Crippen LogP contribution in [0.15, 0.2) is 6.33 Å². The van der Waals surface area contributed by atoms with Gasteiger partial charge in [-0.25, -0.2) is 15.0 Å². The van der Waals surface area contributed by atoms with Gasteiger partial charge in [0.15, 0.2) is 5.13 Å². The van der Waals surface area contributed by atoms with Gasteiger partial charge in [-0.15, -0.1) is 11.3 Å². The van der Waals surface area contributed by atoms with E-state index in [0.29, 0.717) is 10.9 Å². The third-order valence-electron chi connectivity index (χ3n) is 6.68. The molecule has 2 N–H and O–H groups in total. The molecule has 0 atom stereocenters. The lowest BCUT2D eigenvalue weighted by molar-refractivity contribution is -0.383. The van der Waals surface area contributed by atoms with Crippen LogP contribution in [0.4, 0.5) is 22.5 Å². The van der Waals surface area contributed by atoms with E-state index in [1.165, 1.54) is 36.9 Å². The lowest BCUT2D eigenvalue weighted by Crippen LogP contribution is -2.55. The predicted molar refractivity (Wildman–Crippen MR) is 108 cm³/mol. The SMILES string of the molecule is Cc1nc(Nc2ncnc(NC34CC5CC(CC(C5)C3)C4)c2[N+](=O)[O-])sc1C. The Kier molecular flexibility index (Phi) is 4.04. The van der Waals surface area contributed by atoms with Crippen LogP contribution >= 0.6 is 11.3 Å². The number of aryl methyl sites for hydroxylation is 2. The zero-order chi connectivity index (χ0) is 19.5.